The number of halogens is 1. The van der Waals surface area contributed by atoms with Crippen LogP contribution in [0.5, 0.6) is 0 Å². The molecule has 0 aliphatic carbocycles. The Hall–Kier alpha value is -0.940. The number of nitro groups is 1. The molecule has 0 unspecified atom stereocenters. The van der Waals surface area contributed by atoms with E-state index in [1.54, 1.807) is 0 Å². The summed E-state index contributed by atoms with van der Waals surface area (Å²) in [7, 11) is 0. The molecule has 0 N–H and O–H groups in total. The molecule has 0 aromatic heterocycles. The van der Waals surface area contributed by atoms with Crippen LogP contribution in [-0.4, -0.2) is 27.8 Å². The van der Waals surface area contributed by atoms with Gasteiger partial charge in [-0.05, 0) is 13.8 Å². The van der Waals surface area contributed by atoms with Crippen LogP contribution in [0.25, 0.3) is 0 Å². The van der Waals surface area contributed by atoms with E-state index >= 15 is 0 Å². The molecule has 0 radical (unpaired) electrons. The van der Waals surface area contributed by atoms with E-state index in [-0.39, 0.29) is 15.6 Å². The average molecular weight is 205 g/mol. The number of rotatable bonds is 3. The summed E-state index contributed by atoms with van der Waals surface area (Å²) < 4.78 is 0.0502. The first-order chi connectivity index (χ1) is 6.08. The van der Waals surface area contributed by atoms with Gasteiger partial charge in [0.2, 0.25) is 0 Å². The second-order valence-corrected chi connectivity index (χ2v) is 3.08. The van der Waals surface area contributed by atoms with Crippen LogP contribution in [0, 0.1) is 10.1 Å². The molecule has 0 spiro atoms. The first-order valence-electron chi connectivity index (χ1n) is 4.04. The minimum absolute atomic E-state index is 0.0502. The number of amidine groups is 1. The van der Waals surface area contributed by atoms with Crippen LogP contribution in [0.3, 0.4) is 0 Å². The molecule has 6 heteroatoms. The fourth-order valence-electron chi connectivity index (χ4n) is 1.44. The SMILES string of the molecule is CC[N+]1(CC)C([N+](=O)[O-])=CN=C1Cl. The molecule has 0 bridgehead atoms. The van der Waals surface area contributed by atoms with E-state index in [2.05, 4.69) is 4.99 Å². The fourth-order valence-corrected chi connectivity index (χ4v) is 1.81. The molecule has 0 aromatic carbocycles. The maximum Gasteiger partial charge on any atom is 0.453 e. The van der Waals surface area contributed by atoms with Gasteiger partial charge in [-0.25, -0.2) is 0 Å². The highest BCUT2D eigenvalue weighted by molar-refractivity contribution is 6.62. The minimum atomic E-state index is -0.425. The largest absolute Gasteiger partial charge is 0.453 e. The standard InChI is InChI=1S/C7H11ClN3O2/c1-3-11(4-2)6(10(12)13)5-9-7(11)8/h5H,3-4H2,1-2H3/q+1. The van der Waals surface area contributed by atoms with E-state index < -0.39 is 4.92 Å². The van der Waals surface area contributed by atoms with Crippen molar-refractivity contribution in [1.29, 1.82) is 0 Å². The van der Waals surface area contributed by atoms with E-state index in [0.29, 0.717) is 13.1 Å². The van der Waals surface area contributed by atoms with Gasteiger partial charge in [0.25, 0.3) is 0 Å². The van der Waals surface area contributed by atoms with Crippen LogP contribution in [0.4, 0.5) is 0 Å². The predicted molar refractivity (Wildman–Crippen MR) is 49.7 cm³/mol. The Labute approximate surface area is 81.1 Å². The van der Waals surface area contributed by atoms with Gasteiger partial charge >= 0.3 is 11.1 Å². The van der Waals surface area contributed by atoms with Crippen molar-refractivity contribution < 1.29 is 9.41 Å². The molecule has 1 aliphatic rings. The summed E-state index contributed by atoms with van der Waals surface area (Å²) >= 11 is 5.84. The first kappa shape index (κ1) is 10.1. The molecule has 0 aromatic rings. The van der Waals surface area contributed by atoms with Gasteiger partial charge in [-0.1, -0.05) is 0 Å². The number of hydrogen-bond acceptors (Lipinski definition) is 3. The van der Waals surface area contributed by atoms with Crippen LogP contribution >= 0.6 is 11.6 Å². The highest BCUT2D eigenvalue weighted by Gasteiger charge is 2.47. The average Bonchev–Trinajstić information content (AvgIpc) is 2.43. The molecule has 0 saturated heterocycles. The second-order valence-electron chi connectivity index (χ2n) is 2.74. The molecule has 1 aliphatic heterocycles. The maximum absolute atomic E-state index is 10.7. The molecular formula is C7H11ClN3O2+. The molecule has 13 heavy (non-hydrogen) atoms. The highest BCUT2D eigenvalue weighted by atomic mass is 35.5. The lowest BCUT2D eigenvalue weighted by molar-refractivity contribution is -0.858. The van der Waals surface area contributed by atoms with E-state index in [1.807, 2.05) is 13.8 Å². The van der Waals surface area contributed by atoms with Gasteiger partial charge in [-0.2, -0.15) is 9.48 Å². The van der Waals surface area contributed by atoms with Crippen molar-refractivity contribution in [1.82, 2.24) is 0 Å². The molecular weight excluding hydrogens is 194 g/mol. The third kappa shape index (κ3) is 1.34. The lowest BCUT2D eigenvalue weighted by Crippen LogP contribution is -2.49. The summed E-state index contributed by atoms with van der Waals surface area (Å²) in [4.78, 5) is 14.0. The Morgan fingerprint density at radius 3 is 2.46 bits per heavy atom. The van der Waals surface area contributed by atoms with Crippen LogP contribution in [0.15, 0.2) is 17.0 Å². The zero-order valence-electron chi connectivity index (χ0n) is 7.53. The molecule has 0 fully saturated rings. The monoisotopic (exact) mass is 204 g/mol. The quantitative estimate of drug-likeness (QED) is 0.303. The van der Waals surface area contributed by atoms with Gasteiger partial charge in [0.05, 0.1) is 13.1 Å². The topological polar surface area (TPSA) is 55.5 Å². The van der Waals surface area contributed by atoms with Crippen LogP contribution in [-0.2, 0) is 0 Å². The fraction of sp³-hybridized carbons (Fsp3) is 0.571. The highest BCUT2D eigenvalue weighted by Crippen LogP contribution is 2.26. The van der Waals surface area contributed by atoms with Crippen molar-refractivity contribution in [2.24, 2.45) is 4.99 Å². The van der Waals surface area contributed by atoms with E-state index in [1.165, 1.54) is 6.20 Å². The maximum atomic E-state index is 10.7. The lowest BCUT2D eigenvalue weighted by atomic mass is 10.4. The zero-order chi connectivity index (χ0) is 10.1. The summed E-state index contributed by atoms with van der Waals surface area (Å²) in [6.45, 7) is 4.80. The number of aliphatic imine (C=N–C) groups is 1. The Morgan fingerprint density at radius 2 is 2.15 bits per heavy atom. The molecule has 0 amide bonds. The van der Waals surface area contributed by atoms with E-state index in [0.717, 1.165) is 0 Å². The Kier molecular flexibility index (Phi) is 2.68. The number of nitrogens with zero attached hydrogens (tertiary/aromatic N) is 3. The van der Waals surface area contributed by atoms with Gasteiger partial charge < -0.3 is 0 Å². The van der Waals surface area contributed by atoms with Gasteiger partial charge in [-0.15, -0.1) is 0 Å². The van der Waals surface area contributed by atoms with E-state index in [4.69, 9.17) is 11.6 Å². The number of quaternary nitrogens is 1. The van der Waals surface area contributed by atoms with Crippen LogP contribution in [0.2, 0.25) is 0 Å². The molecule has 72 valence electrons. The lowest BCUT2D eigenvalue weighted by Gasteiger charge is -2.25. The van der Waals surface area contributed by atoms with Crippen LogP contribution < -0.4 is 0 Å². The normalized spacial score (nSPS) is 19.6. The van der Waals surface area contributed by atoms with Crippen molar-refractivity contribution >= 4 is 16.9 Å². The molecule has 0 atom stereocenters. The van der Waals surface area contributed by atoms with Crippen molar-refractivity contribution in [3.05, 3.63) is 22.1 Å². The summed E-state index contributed by atoms with van der Waals surface area (Å²) in [5.74, 6) is 0.0509. The first-order valence-corrected chi connectivity index (χ1v) is 4.42. The van der Waals surface area contributed by atoms with Crippen molar-refractivity contribution in [2.75, 3.05) is 13.1 Å². The Morgan fingerprint density at radius 1 is 1.62 bits per heavy atom. The van der Waals surface area contributed by atoms with Gasteiger partial charge in [0, 0.05) is 11.6 Å². The number of hydrogen-bond donors (Lipinski definition) is 0. The summed E-state index contributed by atoms with van der Waals surface area (Å²) in [5.41, 5.74) is 0. The Balaban J connectivity index is 3.10. The van der Waals surface area contributed by atoms with Gasteiger partial charge in [0.15, 0.2) is 6.20 Å². The van der Waals surface area contributed by atoms with Crippen molar-refractivity contribution in [3.8, 4) is 0 Å². The van der Waals surface area contributed by atoms with Crippen LogP contribution in [0.1, 0.15) is 13.8 Å². The van der Waals surface area contributed by atoms with Crippen molar-refractivity contribution in [2.45, 2.75) is 13.8 Å². The molecule has 1 heterocycles. The predicted octanol–water partition coefficient (Wildman–Crippen LogP) is 1.53. The zero-order valence-corrected chi connectivity index (χ0v) is 8.28. The minimum Gasteiger partial charge on any atom is -0.254 e. The smallest absolute Gasteiger partial charge is 0.254 e. The Bertz CT molecular complexity index is 294. The summed E-state index contributed by atoms with van der Waals surface area (Å²) in [5, 5.41) is 10.9. The van der Waals surface area contributed by atoms with Gasteiger partial charge in [-0.3, -0.25) is 10.1 Å². The van der Waals surface area contributed by atoms with Crippen molar-refractivity contribution in [3.63, 3.8) is 0 Å². The third-order valence-electron chi connectivity index (χ3n) is 2.35. The summed E-state index contributed by atoms with van der Waals surface area (Å²) in [6.07, 6.45) is 1.23. The molecule has 0 saturated carbocycles. The molecule has 5 nitrogen and oxygen atoms in total. The summed E-state index contributed by atoms with van der Waals surface area (Å²) in [6, 6.07) is 0. The van der Waals surface area contributed by atoms with Gasteiger partial charge in [0.1, 0.15) is 4.92 Å². The third-order valence-corrected chi connectivity index (χ3v) is 2.77. The second kappa shape index (κ2) is 3.43. The molecule has 1 rings (SSSR count). The van der Waals surface area contributed by atoms with E-state index in [9.17, 15) is 10.1 Å².